The third kappa shape index (κ3) is 2.18. The average molecular weight is 260 g/mol. The fraction of sp³-hybridized carbons (Fsp3) is 0.154. The molecule has 0 unspecified atom stereocenters. The molecule has 5 nitrogen and oxygen atoms in total. The molecule has 0 saturated heterocycles. The number of nitrogens with zero attached hydrogens (tertiary/aromatic N) is 1. The predicted molar refractivity (Wildman–Crippen MR) is 65.2 cm³/mol. The summed E-state index contributed by atoms with van der Waals surface area (Å²) in [5.41, 5.74) is -0.916. The van der Waals surface area contributed by atoms with Gasteiger partial charge in [0.1, 0.15) is 11.4 Å². The predicted octanol–water partition coefficient (Wildman–Crippen LogP) is 1.72. The highest BCUT2D eigenvalue weighted by molar-refractivity contribution is 5.93. The Morgan fingerprint density at radius 3 is 2.89 bits per heavy atom. The van der Waals surface area contributed by atoms with Gasteiger partial charge in [-0.2, -0.15) is 5.26 Å². The van der Waals surface area contributed by atoms with Gasteiger partial charge in [-0.05, 0) is 19.1 Å². The van der Waals surface area contributed by atoms with Gasteiger partial charge in [-0.15, -0.1) is 0 Å². The molecule has 0 spiro atoms. The van der Waals surface area contributed by atoms with E-state index < -0.39 is 17.2 Å². The van der Waals surface area contributed by atoms with Crippen LogP contribution in [-0.4, -0.2) is 17.6 Å². The number of H-pyrrole nitrogens is 1. The number of carbonyl (C=O) groups excluding carboxylic acids is 1. The van der Waals surface area contributed by atoms with Crippen LogP contribution in [0.3, 0.4) is 0 Å². The van der Waals surface area contributed by atoms with Crippen molar-refractivity contribution in [3.63, 3.8) is 0 Å². The van der Waals surface area contributed by atoms with Gasteiger partial charge in [0.25, 0.3) is 0 Å². The van der Waals surface area contributed by atoms with Gasteiger partial charge in [-0.25, -0.2) is 9.18 Å². The maximum atomic E-state index is 13.7. The molecule has 0 aliphatic rings. The lowest BCUT2D eigenvalue weighted by molar-refractivity contribution is 0.0524. The monoisotopic (exact) mass is 260 g/mol. The molecule has 19 heavy (non-hydrogen) atoms. The molecular weight excluding hydrogens is 251 g/mol. The van der Waals surface area contributed by atoms with Crippen molar-refractivity contribution in [3.8, 4) is 6.07 Å². The maximum Gasteiger partial charge on any atom is 0.343 e. The average Bonchev–Trinajstić information content (AvgIpc) is 2.39. The van der Waals surface area contributed by atoms with Gasteiger partial charge in [0.05, 0.1) is 29.1 Å². The van der Waals surface area contributed by atoms with Crippen LogP contribution < -0.4 is 5.43 Å². The zero-order valence-electron chi connectivity index (χ0n) is 9.99. The number of ether oxygens (including phenoxy) is 1. The SMILES string of the molecule is CCOC(=O)c1c[nH]c2c(F)cc(C#N)cc2c1=O. The molecule has 0 saturated carbocycles. The zero-order valence-corrected chi connectivity index (χ0v) is 9.99. The molecule has 0 bridgehead atoms. The molecule has 2 rings (SSSR count). The molecule has 0 radical (unpaired) electrons. The third-order valence-corrected chi connectivity index (χ3v) is 2.56. The number of benzene rings is 1. The molecule has 0 atom stereocenters. The van der Waals surface area contributed by atoms with Crippen molar-refractivity contribution in [1.29, 1.82) is 5.26 Å². The van der Waals surface area contributed by atoms with Crippen LogP contribution in [0.1, 0.15) is 22.8 Å². The molecule has 1 aromatic heterocycles. The second-order valence-electron chi connectivity index (χ2n) is 3.74. The molecule has 1 heterocycles. The number of hydrogen-bond acceptors (Lipinski definition) is 4. The van der Waals surface area contributed by atoms with Gasteiger partial charge in [0, 0.05) is 6.20 Å². The Morgan fingerprint density at radius 2 is 2.26 bits per heavy atom. The Labute approximate surface area is 107 Å². The minimum absolute atomic E-state index is 0.0107. The molecule has 0 aliphatic carbocycles. The number of carbonyl (C=O) groups is 1. The first kappa shape index (κ1) is 12.8. The zero-order chi connectivity index (χ0) is 14.0. The summed E-state index contributed by atoms with van der Waals surface area (Å²) in [7, 11) is 0. The van der Waals surface area contributed by atoms with Gasteiger partial charge < -0.3 is 9.72 Å². The van der Waals surface area contributed by atoms with Crippen LogP contribution in [0.2, 0.25) is 0 Å². The van der Waals surface area contributed by atoms with Crippen molar-refractivity contribution in [2.24, 2.45) is 0 Å². The van der Waals surface area contributed by atoms with Crippen LogP contribution in [-0.2, 0) is 4.74 Å². The van der Waals surface area contributed by atoms with E-state index in [0.29, 0.717) is 0 Å². The highest BCUT2D eigenvalue weighted by Gasteiger charge is 2.16. The minimum atomic E-state index is -0.784. The highest BCUT2D eigenvalue weighted by Crippen LogP contribution is 2.15. The molecular formula is C13H9FN2O3. The molecule has 0 aliphatic heterocycles. The standard InChI is InChI=1S/C13H9FN2O3/c1-2-19-13(18)9-6-16-11-8(12(9)17)3-7(5-15)4-10(11)14/h3-4,6H,2H2,1H3,(H,16,17). The van der Waals surface area contributed by atoms with Gasteiger partial charge in [0.2, 0.25) is 5.43 Å². The Morgan fingerprint density at radius 1 is 1.53 bits per heavy atom. The van der Waals surface area contributed by atoms with Crippen molar-refractivity contribution in [1.82, 2.24) is 4.98 Å². The van der Waals surface area contributed by atoms with E-state index in [1.54, 1.807) is 13.0 Å². The number of pyridine rings is 1. The molecule has 1 N–H and O–H groups in total. The summed E-state index contributed by atoms with van der Waals surface area (Å²) in [6.07, 6.45) is 1.11. The van der Waals surface area contributed by atoms with Gasteiger partial charge >= 0.3 is 5.97 Å². The van der Waals surface area contributed by atoms with E-state index in [1.165, 1.54) is 6.07 Å². The quantitative estimate of drug-likeness (QED) is 0.833. The van der Waals surface area contributed by atoms with Crippen LogP contribution in [0.4, 0.5) is 4.39 Å². The fourth-order valence-corrected chi connectivity index (χ4v) is 1.71. The summed E-state index contributed by atoms with van der Waals surface area (Å²) < 4.78 is 18.4. The second-order valence-corrected chi connectivity index (χ2v) is 3.74. The third-order valence-electron chi connectivity index (χ3n) is 2.56. The van der Waals surface area contributed by atoms with Crippen LogP contribution >= 0.6 is 0 Å². The number of esters is 1. The first-order chi connectivity index (χ1) is 9.08. The van der Waals surface area contributed by atoms with E-state index in [1.807, 2.05) is 0 Å². The molecule has 0 amide bonds. The van der Waals surface area contributed by atoms with E-state index in [9.17, 15) is 14.0 Å². The lowest BCUT2D eigenvalue weighted by Crippen LogP contribution is -2.18. The number of nitrogens with one attached hydrogen (secondary N) is 1. The molecule has 96 valence electrons. The highest BCUT2D eigenvalue weighted by atomic mass is 19.1. The molecule has 0 fully saturated rings. The van der Waals surface area contributed by atoms with E-state index in [0.717, 1.165) is 12.3 Å². The van der Waals surface area contributed by atoms with Crippen LogP contribution in [0, 0.1) is 17.1 Å². The van der Waals surface area contributed by atoms with Gasteiger partial charge in [-0.1, -0.05) is 0 Å². The van der Waals surface area contributed by atoms with Crippen molar-refractivity contribution >= 4 is 16.9 Å². The van der Waals surface area contributed by atoms with Crippen molar-refractivity contribution in [2.45, 2.75) is 6.92 Å². The molecule has 1 aromatic carbocycles. The van der Waals surface area contributed by atoms with E-state index >= 15 is 0 Å². The summed E-state index contributed by atoms with van der Waals surface area (Å²) >= 11 is 0. The summed E-state index contributed by atoms with van der Waals surface area (Å²) in [4.78, 5) is 26.1. The van der Waals surface area contributed by atoms with E-state index in [4.69, 9.17) is 10.00 Å². The lowest BCUT2D eigenvalue weighted by atomic mass is 10.1. The van der Waals surface area contributed by atoms with Crippen LogP contribution in [0.15, 0.2) is 23.1 Å². The summed E-state index contributed by atoms with van der Waals surface area (Å²) in [6.45, 7) is 1.74. The number of hydrogen-bond donors (Lipinski definition) is 1. The lowest BCUT2D eigenvalue weighted by Gasteiger charge is -2.04. The van der Waals surface area contributed by atoms with Crippen molar-refractivity contribution in [2.75, 3.05) is 6.61 Å². The number of aromatic nitrogens is 1. The number of halogens is 1. The van der Waals surface area contributed by atoms with Gasteiger partial charge in [0.15, 0.2) is 0 Å². The fourth-order valence-electron chi connectivity index (χ4n) is 1.71. The van der Waals surface area contributed by atoms with E-state index in [2.05, 4.69) is 4.98 Å². The largest absolute Gasteiger partial charge is 0.462 e. The summed E-state index contributed by atoms with van der Waals surface area (Å²) in [5, 5.41) is 8.70. The Balaban J connectivity index is 2.74. The van der Waals surface area contributed by atoms with Gasteiger partial charge in [-0.3, -0.25) is 4.79 Å². The molecule has 6 heteroatoms. The Bertz CT molecular complexity index is 759. The normalized spacial score (nSPS) is 10.2. The van der Waals surface area contributed by atoms with E-state index in [-0.39, 0.29) is 28.6 Å². The van der Waals surface area contributed by atoms with Crippen LogP contribution in [0.5, 0.6) is 0 Å². The maximum absolute atomic E-state index is 13.7. The Hall–Kier alpha value is -2.68. The topological polar surface area (TPSA) is 82.9 Å². The smallest absolute Gasteiger partial charge is 0.343 e. The first-order valence-electron chi connectivity index (χ1n) is 5.50. The Kier molecular flexibility index (Phi) is 3.29. The number of rotatable bonds is 2. The minimum Gasteiger partial charge on any atom is -0.462 e. The van der Waals surface area contributed by atoms with Crippen molar-refractivity contribution < 1.29 is 13.9 Å². The second kappa shape index (κ2) is 4.90. The van der Waals surface area contributed by atoms with Crippen molar-refractivity contribution in [3.05, 3.63) is 45.5 Å². The number of nitriles is 1. The number of aromatic amines is 1. The summed E-state index contributed by atoms with van der Waals surface area (Å²) in [5.74, 6) is -1.50. The summed E-state index contributed by atoms with van der Waals surface area (Å²) in [6, 6.07) is 4.00. The number of fused-ring (bicyclic) bond motifs is 1. The van der Waals surface area contributed by atoms with Crippen LogP contribution in [0.25, 0.3) is 10.9 Å². The first-order valence-corrected chi connectivity index (χ1v) is 5.50. The molecule has 2 aromatic rings.